The average Bonchev–Trinajstić information content (AvgIpc) is 2.23. The molecule has 0 radical (unpaired) electrons. The zero-order valence-electron chi connectivity index (χ0n) is 10.7. The molecule has 0 fully saturated rings. The summed E-state index contributed by atoms with van der Waals surface area (Å²) in [6.45, 7) is 9.37. The average molecular weight is 222 g/mol. The molecule has 3 heteroatoms. The maximum atomic E-state index is 11.5. The van der Waals surface area contributed by atoms with Crippen LogP contribution in [-0.4, -0.2) is 10.6 Å². The first kappa shape index (κ1) is 12.8. The van der Waals surface area contributed by atoms with Gasteiger partial charge in [-0.1, -0.05) is 20.8 Å². The second-order valence-electron chi connectivity index (χ2n) is 4.63. The highest BCUT2D eigenvalue weighted by Gasteiger charge is 2.07. The highest BCUT2D eigenvalue weighted by atomic mass is 16.1. The van der Waals surface area contributed by atoms with Crippen molar-refractivity contribution < 1.29 is 0 Å². The van der Waals surface area contributed by atoms with Crippen LogP contribution in [0.3, 0.4) is 0 Å². The summed E-state index contributed by atoms with van der Waals surface area (Å²) >= 11 is 0. The van der Waals surface area contributed by atoms with Crippen LogP contribution >= 0.6 is 0 Å². The zero-order chi connectivity index (χ0) is 12.1. The number of aromatic nitrogens is 1. The molecule has 0 amide bonds. The standard InChI is InChI=1S/C13H22N2O/c1-5-8-15-9-12(6-7-13(15)16)14-11(4)10(2)3/h6-7,9-11,14H,5,8H2,1-4H3. The van der Waals surface area contributed by atoms with Crippen molar-refractivity contribution in [2.24, 2.45) is 5.92 Å². The Balaban J connectivity index is 2.82. The number of hydrogen-bond donors (Lipinski definition) is 1. The first-order valence-electron chi connectivity index (χ1n) is 6.01. The number of nitrogens with zero attached hydrogens (tertiary/aromatic N) is 1. The second kappa shape index (κ2) is 5.73. The van der Waals surface area contributed by atoms with Gasteiger partial charge in [0.05, 0.1) is 5.69 Å². The van der Waals surface area contributed by atoms with E-state index in [4.69, 9.17) is 0 Å². The fraction of sp³-hybridized carbons (Fsp3) is 0.615. The molecular formula is C13H22N2O. The minimum absolute atomic E-state index is 0.0737. The second-order valence-corrected chi connectivity index (χ2v) is 4.63. The van der Waals surface area contributed by atoms with Crippen LogP contribution in [0.5, 0.6) is 0 Å². The van der Waals surface area contributed by atoms with Crippen LogP contribution in [-0.2, 0) is 6.54 Å². The highest BCUT2D eigenvalue weighted by molar-refractivity contribution is 5.41. The maximum absolute atomic E-state index is 11.5. The first-order valence-corrected chi connectivity index (χ1v) is 6.01. The lowest BCUT2D eigenvalue weighted by atomic mass is 10.1. The lowest BCUT2D eigenvalue weighted by molar-refractivity contribution is 0.558. The number of nitrogens with one attached hydrogen (secondary N) is 1. The van der Waals surface area contributed by atoms with E-state index >= 15 is 0 Å². The smallest absolute Gasteiger partial charge is 0.250 e. The van der Waals surface area contributed by atoms with Gasteiger partial charge in [0, 0.05) is 24.8 Å². The van der Waals surface area contributed by atoms with E-state index < -0.39 is 0 Å². The molecule has 0 aromatic carbocycles. The number of aryl methyl sites for hydroxylation is 1. The normalized spacial score (nSPS) is 12.8. The third-order valence-electron chi connectivity index (χ3n) is 2.84. The number of hydrogen-bond acceptors (Lipinski definition) is 2. The Kier molecular flexibility index (Phi) is 4.59. The van der Waals surface area contributed by atoms with Gasteiger partial charge in [0.2, 0.25) is 0 Å². The molecule has 1 aromatic rings. The largest absolute Gasteiger partial charge is 0.381 e. The van der Waals surface area contributed by atoms with E-state index in [1.807, 2.05) is 12.3 Å². The SMILES string of the molecule is CCCn1cc(NC(C)C(C)C)ccc1=O. The zero-order valence-corrected chi connectivity index (χ0v) is 10.7. The van der Waals surface area contributed by atoms with E-state index in [1.54, 1.807) is 10.6 Å². The van der Waals surface area contributed by atoms with Crippen molar-refractivity contribution in [1.82, 2.24) is 4.57 Å². The summed E-state index contributed by atoms with van der Waals surface area (Å²) in [5, 5.41) is 3.41. The minimum atomic E-state index is 0.0737. The van der Waals surface area contributed by atoms with Gasteiger partial charge < -0.3 is 9.88 Å². The molecule has 0 spiro atoms. The van der Waals surface area contributed by atoms with Gasteiger partial charge >= 0.3 is 0 Å². The van der Waals surface area contributed by atoms with Gasteiger partial charge in [-0.3, -0.25) is 4.79 Å². The van der Waals surface area contributed by atoms with Crippen LogP contribution < -0.4 is 10.9 Å². The van der Waals surface area contributed by atoms with E-state index in [0.29, 0.717) is 12.0 Å². The van der Waals surface area contributed by atoms with E-state index in [9.17, 15) is 4.79 Å². The van der Waals surface area contributed by atoms with Crippen LogP contribution in [0.2, 0.25) is 0 Å². The lowest BCUT2D eigenvalue weighted by Crippen LogP contribution is -2.24. The lowest BCUT2D eigenvalue weighted by Gasteiger charge is -2.19. The summed E-state index contributed by atoms with van der Waals surface area (Å²) in [4.78, 5) is 11.5. The van der Waals surface area contributed by atoms with E-state index in [0.717, 1.165) is 18.7 Å². The van der Waals surface area contributed by atoms with Gasteiger partial charge in [-0.05, 0) is 25.3 Å². The first-order chi connectivity index (χ1) is 7.54. The van der Waals surface area contributed by atoms with Gasteiger partial charge in [-0.15, -0.1) is 0 Å². The predicted molar refractivity (Wildman–Crippen MR) is 68.9 cm³/mol. The van der Waals surface area contributed by atoms with E-state index in [1.165, 1.54) is 0 Å². The number of pyridine rings is 1. The molecule has 3 nitrogen and oxygen atoms in total. The van der Waals surface area contributed by atoms with Crippen LogP contribution in [0.1, 0.15) is 34.1 Å². The van der Waals surface area contributed by atoms with Gasteiger partial charge in [0.25, 0.3) is 5.56 Å². The quantitative estimate of drug-likeness (QED) is 0.831. The summed E-state index contributed by atoms with van der Waals surface area (Å²) in [5.74, 6) is 0.576. The molecule has 1 N–H and O–H groups in total. The monoisotopic (exact) mass is 222 g/mol. The Morgan fingerprint density at radius 1 is 1.31 bits per heavy atom. The molecule has 0 saturated carbocycles. The highest BCUT2D eigenvalue weighted by Crippen LogP contribution is 2.10. The molecule has 1 heterocycles. The topological polar surface area (TPSA) is 34.0 Å². The number of rotatable bonds is 5. The third kappa shape index (κ3) is 3.40. The Morgan fingerprint density at radius 2 is 2.00 bits per heavy atom. The third-order valence-corrected chi connectivity index (χ3v) is 2.84. The van der Waals surface area contributed by atoms with Crippen molar-refractivity contribution in [3.05, 3.63) is 28.7 Å². The minimum Gasteiger partial charge on any atom is -0.381 e. The van der Waals surface area contributed by atoms with Gasteiger partial charge in [-0.25, -0.2) is 0 Å². The van der Waals surface area contributed by atoms with Gasteiger partial charge in [0.15, 0.2) is 0 Å². The van der Waals surface area contributed by atoms with Crippen molar-refractivity contribution >= 4 is 5.69 Å². The van der Waals surface area contributed by atoms with Crippen molar-refractivity contribution in [2.45, 2.75) is 46.7 Å². The summed E-state index contributed by atoms with van der Waals surface area (Å²) in [6.07, 6.45) is 2.88. The molecule has 16 heavy (non-hydrogen) atoms. The summed E-state index contributed by atoms with van der Waals surface area (Å²) in [6, 6.07) is 3.89. The van der Waals surface area contributed by atoms with Crippen LogP contribution in [0.25, 0.3) is 0 Å². The molecule has 1 unspecified atom stereocenters. The molecule has 1 rings (SSSR count). The Morgan fingerprint density at radius 3 is 2.56 bits per heavy atom. The van der Waals surface area contributed by atoms with E-state index in [-0.39, 0.29) is 5.56 Å². The Bertz CT molecular complexity index is 382. The molecular weight excluding hydrogens is 200 g/mol. The van der Waals surface area contributed by atoms with Crippen LogP contribution in [0.15, 0.2) is 23.1 Å². The van der Waals surface area contributed by atoms with Crippen molar-refractivity contribution in [1.29, 1.82) is 0 Å². The molecule has 90 valence electrons. The Labute approximate surface area is 97.5 Å². The summed E-state index contributed by atoms with van der Waals surface area (Å²) in [7, 11) is 0. The molecule has 0 aliphatic heterocycles. The van der Waals surface area contributed by atoms with Crippen molar-refractivity contribution in [3.8, 4) is 0 Å². The van der Waals surface area contributed by atoms with Crippen LogP contribution in [0, 0.1) is 5.92 Å². The van der Waals surface area contributed by atoms with E-state index in [2.05, 4.69) is 33.0 Å². The number of anilines is 1. The molecule has 0 bridgehead atoms. The van der Waals surface area contributed by atoms with Gasteiger partial charge in [0.1, 0.15) is 0 Å². The van der Waals surface area contributed by atoms with Crippen molar-refractivity contribution in [3.63, 3.8) is 0 Å². The molecule has 0 aliphatic carbocycles. The molecule has 1 aromatic heterocycles. The summed E-state index contributed by atoms with van der Waals surface area (Å²) < 4.78 is 1.76. The summed E-state index contributed by atoms with van der Waals surface area (Å²) in [5.41, 5.74) is 1.10. The van der Waals surface area contributed by atoms with Gasteiger partial charge in [-0.2, -0.15) is 0 Å². The fourth-order valence-electron chi connectivity index (χ4n) is 1.46. The molecule has 1 atom stereocenters. The van der Waals surface area contributed by atoms with Crippen molar-refractivity contribution in [2.75, 3.05) is 5.32 Å². The predicted octanol–water partition coefficient (Wildman–Crippen LogP) is 2.71. The fourth-order valence-corrected chi connectivity index (χ4v) is 1.46. The molecule has 0 aliphatic rings. The Hall–Kier alpha value is -1.25. The maximum Gasteiger partial charge on any atom is 0.250 e. The van der Waals surface area contributed by atoms with Crippen LogP contribution in [0.4, 0.5) is 5.69 Å². The molecule has 0 saturated heterocycles.